The molecule has 30 heavy (non-hydrogen) atoms. The Morgan fingerprint density at radius 3 is 2.07 bits per heavy atom. The molecule has 0 aromatic carbocycles. The minimum atomic E-state index is -0.545. The summed E-state index contributed by atoms with van der Waals surface area (Å²) in [5, 5.41) is 0. The highest BCUT2D eigenvalue weighted by Gasteiger charge is 2.29. The fraction of sp³-hybridized carbons (Fsp3) is 0.636. The molecule has 8 nitrogen and oxygen atoms in total. The van der Waals surface area contributed by atoms with Crippen LogP contribution >= 0.6 is 0 Å². The number of fused-ring (bicyclic) bond motifs is 2. The van der Waals surface area contributed by atoms with Gasteiger partial charge in [0.15, 0.2) is 0 Å². The molecule has 0 aliphatic carbocycles. The lowest BCUT2D eigenvalue weighted by atomic mass is 10.0. The number of aromatic amines is 3. The van der Waals surface area contributed by atoms with Crippen LogP contribution in [-0.2, 0) is 6.42 Å². The maximum atomic E-state index is 12.5. The maximum Gasteiger partial charge on any atom is 0.327 e. The minimum Gasteiger partial charge on any atom is -0.312 e. The Balaban J connectivity index is 1.64. The van der Waals surface area contributed by atoms with Crippen molar-refractivity contribution in [3.8, 4) is 0 Å². The summed E-state index contributed by atoms with van der Waals surface area (Å²) >= 11 is 0. The van der Waals surface area contributed by atoms with E-state index in [2.05, 4.69) is 26.9 Å². The number of hydrogen-bond acceptors (Lipinski definition) is 5. The molecule has 2 aromatic heterocycles. The largest absolute Gasteiger partial charge is 0.327 e. The molecule has 3 rings (SSSR count). The molecular formula is C22H33N5O3. The van der Waals surface area contributed by atoms with Crippen LogP contribution in [0.25, 0.3) is 0 Å². The van der Waals surface area contributed by atoms with Gasteiger partial charge in [0, 0.05) is 13.0 Å². The molecule has 0 amide bonds. The van der Waals surface area contributed by atoms with Crippen molar-refractivity contribution in [3.63, 3.8) is 0 Å². The van der Waals surface area contributed by atoms with E-state index in [1.807, 2.05) is 4.90 Å². The van der Waals surface area contributed by atoms with Gasteiger partial charge in [-0.05, 0) is 13.3 Å². The van der Waals surface area contributed by atoms with Crippen molar-refractivity contribution in [1.82, 2.24) is 19.9 Å². The quantitative estimate of drug-likeness (QED) is 0.487. The lowest BCUT2D eigenvalue weighted by Gasteiger charge is -2.30. The average molecular weight is 416 g/mol. The second-order valence-electron chi connectivity index (χ2n) is 8.20. The van der Waals surface area contributed by atoms with Gasteiger partial charge in [0.2, 0.25) is 0 Å². The molecule has 0 unspecified atom stereocenters. The van der Waals surface area contributed by atoms with Crippen molar-refractivity contribution in [2.45, 2.75) is 84.5 Å². The fourth-order valence-corrected chi connectivity index (χ4v) is 4.13. The Bertz CT molecular complexity index is 1020. The first-order valence-electron chi connectivity index (χ1n) is 11.2. The highest BCUT2D eigenvalue weighted by molar-refractivity contribution is 5.67. The number of rotatable bonds is 11. The topological polar surface area (TPSA) is 115 Å². The van der Waals surface area contributed by atoms with Crippen LogP contribution in [-0.4, -0.2) is 26.5 Å². The normalized spacial score (nSPS) is 12.7. The molecule has 164 valence electrons. The molecule has 1 aliphatic heterocycles. The molecule has 3 N–H and O–H groups in total. The van der Waals surface area contributed by atoms with Crippen LogP contribution in [0.3, 0.4) is 0 Å². The molecular weight excluding hydrogens is 382 g/mol. The Labute approximate surface area is 176 Å². The van der Waals surface area contributed by atoms with Crippen molar-refractivity contribution in [1.29, 1.82) is 0 Å². The van der Waals surface area contributed by atoms with E-state index >= 15 is 0 Å². The van der Waals surface area contributed by atoms with Gasteiger partial charge in [-0.3, -0.25) is 19.6 Å². The lowest BCUT2D eigenvalue weighted by Crippen LogP contribution is -2.38. The number of nitrogens with one attached hydrogen (secondary N) is 3. The van der Waals surface area contributed by atoms with Gasteiger partial charge in [0.1, 0.15) is 17.5 Å². The summed E-state index contributed by atoms with van der Waals surface area (Å²) in [5.74, 6) is 1.52. The monoisotopic (exact) mass is 415 g/mol. The molecule has 0 bridgehead atoms. The van der Waals surface area contributed by atoms with Crippen LogP contribution in [0.2, 0.25) is 0 Å². The maximum absolute atomic E-state index is 12.5. The van der Waals surface area contributed by atoms with E-state index in [1.165, 1.54) is 44.9 Å². The number of nitrogens with zero attached hydrogens (tertiary/aromatic N) is 2. The van der Waals surface area contributed by atoms with Gasteiger partial charge in [0.25, 0.3) is 11.1 Å². The van der Waals surface area contributed by atoms with E-state index in [-0.39, 0.29) is 12.0 Å². The summed E-state index contributed by atoms with van der Waals surface area (Å²) in [6.45, 7) is 4.57. The van der Waals surface area contributed by atoms with Gasteiger partial charge >= 0.3 is 5.69 Å². The van der Waals surface area contributed by atoms with Crippen LogP contribution in [0.4, 0.5) is 11.6 Å². The smallest absolute Gasteiger partial charge is 0.312 e. The molecule has 1 aliphatic rings. The zero-order valence-corrected chi connectivity index (χ0v) is 18.1. The summed E-state index contributed by atoms with van der Waals surface area (Å²) in [6.07, 6.45) is 12.4. The first-order valence-corrected chi connectivity index (χ1v) is 11.2. The van der Waals surface area contributed by atoms with Crippen molar-refractivity contribution < 1.29 is 0 Å². The second kappa shape index (κ2) is 10.4. The molecule has 0 saturated heterocycles. The standard InChI is InChI=1S/C22H33N5O3/c1-3-4-5-6-7-8-9-10-11-12-13-27-18-16(20(28)24-15(2)23-18)14-17-19(27)25-22(30)26-21(17)29/h3-14H2,1-2H3,(H,23,24,28)(H2,25,26,29,30). The third-order valence-corrected chi connectivity index (χ3v) is 5.75. The summed E-state index contributed by atoms with van der Waals surface area (Å²) in [5.41, 5.74) is -0.353. The molecule has 0 fully saturated rings. The molecule has 2 aromatic rings. The highest BCUT2D eigenvalue weighted by Crippen LogP contribution is 2.32. The predicted octanol–water partition coefficient (Wildman–Crippen LogP) is 3.42. The number of aryl methyl sites for hydroxylation is 1. The van der Waals surface area contributed by atoms with Crippen LogP contribution < -0.4 is 21.7 Å². The second-order valence-corrected chi connectivity index (χ2v) is 8.20. The Hall–Kier alpha value is -2.64. The fourth-order valence-electron chi connectivity index (χ4n) is 4.13. The van der Waals surface area contributed by atoms with Crippen molar-refractivity contribution in [2.75, 3.05) is 11.4 Å². The number of aromatic nitrogens is 4. The summed E-state index contributed by atoms with van der Waals surface area (Å²) < 4.78 is 0. The average Bonchev–Trinajstić information content (AvgIpc) is 2.69. The summed E-state index contributed by atoms with van der Waals surface area (Å²) in [4.78, 5) is 50.7. The first-order chi connectivity index (χ1) is 14.5. The number of anilines is 2. The van der Waals surface area contributed by atoms with Gasteiger partial charge in [-0.2, -0.15) is 0 Å². The number of H-pyrrole nitrogens is 3. The summed E-state index contributed by atoms with van der Waals surface area (Å²) in [6, 6.07) is 0. The number of hydrogen-bond donors (Lipinski definition) is 3. The zero-order valence-electron chi connectivity index (χ0n) is 18.1. The van der Waals surface area contributed by atoms with Gasteiger partial charge in [-0.15, -0.1) is 0 Å². The van der Waals surface area contributed by atoms with E-state index in [4.69, 9.17) is 0 Å². The van der Waals surface area contributed by atoms with Gasteiger partial charge < -0.3 is 9.88 Å². The molecule has 0 spiro atoms. The molecule has 0 atom stereocenters. The first kappa shape index (κ1) is 22.1. The predicted molar refractivity (Wildman–Crippen MR) is 119 cm³/mol. The van der Waals surface area contributed by atoms with Gasteiger partial charge in [0.05, 0.1) is 11.1 Å². The molecule has 3 heterocycles. The van der Waals surface area contributed by atoms with E-state index in [0.717, 1.165) is 19.3 Å². The lowest BCUT2D eigenvalue weighted by molar-refractivity contribution is 0.556. The van der Waals surface area contributed by atoms with Crippen LogP contribution in [0, 0.1) is 6.92 Å². The molecule has 0 saturated carbocycles. The molecule has 8 heteroatoms. The Kier molecular flexibility index (Phi) is 7.65. The van der Waals surface area contributed by atoms with E-state index in [1.54, 1.807) is 6.92 Å². The zero-order chi connectivity index (χ0) is 21.5. The third-order valence-electron chi connectivity index (χ3n) is 5.75. The SMILES string of the molecule is CCCCCCCCCCCCN1c2nc(C)[nH]c(=O)c2Cc2c1[nH]c(=O)[nH]c2=O. The third kappa shape index (κ3) is 5.29. The van der Waals surface area contributed by atoms with Crippen molar-refractivity contribution >= 4 is 11.6 Å². The highest BCUT2D eigenvalue weighted by atomic mass is 16.2. The Morgan fingerprint density at radius 2 is 1.40 bits per heavy atom. The van der Waals surface area contributed by atoms with E-state index in [9.17, 15) is 14.4 Å². The van der Waals surface area contributed by atoms with Gasteiger partial charge in [-0.25, -0.2) is 9.78 Å². The van der Waals surface area contributed by atoms with Crippen LogP contribution in [0.15, 0.2) is 14.4 Å². The summed E-state index contributed by atoms with van der Waals surface area (Å²) in [7, 11) is 0. The van der Waals surface area contributed by atoms with Crippen LogP contribution in [0.5, 0.6) is 0 Å². The Morgan fingerprint density at radius 1 is 0.800 bits per heavy atom. The van der Waals surface area contributed by atoms with Crippen LogP contribution in [0.1, 0.15) is 88.1 Å². The van der Waals surface area contributed by atoms with E-state index in [0.29, 0.717) is 35.1 Å². The van der Waals surface area contributed by atoms with E-state index < -0.39 is 11.2 Å². The molecule has 0 radical (unpaired) electrons. The van der Waals surface area contributed by atoms with Gasteiger partial charge in [-0.1, -0.05) is 64.7 Å². The number of unbranched alkanes of at least 4 members (excludes halogenated alkanes) is 9. The van der Waals surface area contributed by atoms with Crippen molar-refractivity contribution in [2.24, 2.45) is 0 Å². The van der Waals surface area contributed by atoms with Crippen molar-refractivity contribution in [3.05, 3.63) is 48.1 Å². The minimum absolute atomic E-state index is 0.161.